The first-order valence-electron chi connectivity index (χ1n) is 5.25. The third kappa shape index (κ3) is 4.97. The van der Waals surface area contributed by atoms with E-state index in [1.807, 2.05) is 0 Å². The van der Waals surface area contributed by atoms with Crippen molar-refractivity contribution in [2.45, 2.75) is 13.8 Å². The predicted molar refractivity (Wildman–Crippen MR) is 63.4 cm³/mol. The van der Waals surface area contributed by atoms with Gasteiger partial charge in [-0.1, -0.05) is 12.1 Å². The van der Waals surface area contributed by atoms with Gasteiger partial charge in [0, 0.05) is 13.0 Å². The molecule has 0 aromatic heterocycles. The molecule has 0 fully saturated rings. The van der Waals surface area contributed by atoms with Crippen LogP contribution in [0.25, 0.3) is 6.08 Å². The highest BCUT2D eigenvalue weighted by molar-refractivity contribution is 5.87. The van der Waals surface area contributed by atoms with E-state index < -0.39 is 0 Å². The molecule has 0 saturated heterocycles. The van der Waals surface area contributed by atoms with Crippen LogP contribution >= 0.6 is 0 Å². The monoisotopic (exact) mass is 234 g/mol. The molecule has 90 valence electrons. The van der Waals surface area contributed by atoms with E-state index in [1.165, 1.54) is 13.0 Å². The van der Waals surface area contributed by atoms with E-state index in [0.29, 0.717) is 12.4 Å². The lowest BCUT2D eigenvalue weighted by Crippen LogP contribution is -2.01. The highest BCUT2D eigenvalue weighted by Gasteiger charge is 1.97. The summed E-state index contributed by atoms with van der Waals surface area (Å²) >= 11 is 0. The summed E-state index contributed by atoms with van der Waals surface area (Å²) in [5.74, 6) is -0.262. The number of benzene rings is 1. The lowest BCUT2D eigenvalue weighted by molar-refractivity contribution is -0.137. The second kappa shape index (κ2) is 6.48. The van der Waals surface area contributed by atoms with Crippen molar-refractivity contribution in [2.24, 2.45) is 0 Å². The van der Waals surface area contributed by atoms with Crippen LogP contribution in [0.15, 0.2) is 30.3 Å². The highest BCUT2D eigenvalue weighted by Crippen LogP contribution is 2.13. The number of rotatable bonds is 4. The Labute approximate surface area is 99.8 Å². The maximum atomic E-state index is 11.1. The van der Waals surface area contributed by atoms with Gasteiger partial charge in [0.05, 0.1) is 6.61 Å². The maximum Gasteiger partial charge on any atom is 0.330 e. The third-order valence-electron chi connectivity index (χ3n) is 1.84. The summed E-state index contributed by atoms with van der Waals surface area (Å²) < 4.78 is 9.62. The van der Waals surface area contributed by atoms with Gasteiger partial charge in [0.2, 0.25) is 0 Å². The van der Waals surface area contributed by atoms with Gasteiger partial charge in [-0.05, 0) is 30.7 Å². The molecule has 0 atom stereocenters. The number of carbonyl (C=O) groups excluding carboxylic acids is 2. The normalized spacial score (nSPS) is 10.2. The van der Waals surface area contributed by atoms with Gasteiger partial charge >= 0.3 is 11.9 Å². The molecule has 0 unspecified atom stereocenters. The van der Waals surface area contributed by atoms with Gasteiger partial charge in [0.1, 0.15) is 5.75 Å². The van der Waals surface area contributed by atoms with E-state index in [-0.39, 0.29) is 11.9 Å². The number of hydrogen-bond donors (Lipinski definition) is 0. The third-order valence-corrected chi connectivity index (χ3v) is 1.84. The Morgan fingerprint density at radius 2 is 1.88 bits per heavy atom. The Balaban J connectivity index is 2.62. The van der Waals surface area contributed by atoms with Crippen molar-refractivity contribution >= 4 is 18.0 Å². The maximum absolute atomic E-state index is 11.1. The fraction of sp³-hybridized carbons (Fsp3) is 0.231. The van der Waals surface area contributed by atoms with E-state index >= 15 is 0 Å². The lowest BCUT2D eigenvalue weighted by atomic mass is 10.2. The quantitative estimate of drug-likeness (QED) is 0.455. The van der Waals surface area contributed by atoms with E-state index in [9.17, 15) is 9.59 Å². The molecule has 1 aromatic rings. The standard InChI is InChI=1S/C13H14O4/c1-3-16-13(15)9-6-11-4-7-12(8-5-11)17-10(2)14/h4-9H,3H2,1-2H3/b9-6+. The molecule has 4 nitrogen and oxygen atoms in total. The van der Waals surface area contributed by atoms with Crippen molar-refractivity contribution < 1.29 is 19.1 Å². The van der Waals surface area contributed by atoms with Crippen LogP contribution in [0, 0.1) is 0 Å². The molecule has 0 aliphatic heterocycles. The minimum absolute atomic E-state index is 0.356. The van der Waals surface area contributed by atoms with Crippen molar-refractivity contribution in [3.63, 3.8) is 0 Å². The van der Waals surface area contributed by atoms with E-state index in [4.69, 9.17) is 9.47 Å². The fourth-order valence-electron chi connectivity index (χ4n) is 1.17. The summed E-state index contributed by atoms with van der Waals surface area (Å²) in [6, 6.07) is 6.81. The Morgan fingerprint density at radius 1 is 1.24 bits per heavy atom. The Hall–Kier alpha value is -2.10. The van der Waals surface area contributed by atoms with Crippen molar-refractivity contribution in [3.8, 4) is 5.75 Å². The molecule has 1 aromatic carbocycles. The molecular weight excluding hydrogens is 220 g/mol. The number of esters is 2. The first kappa shape index (κ1) is 13.0. The molecule has 0 radical (unpaired) electrons. The Bertz CT molecular complexity index is 418. The van der Waals surface area contributed by atoms with Crippen LogP contribution in [0.4, 0.5) is 0 Å². The van der Waals surface area contributed by atoms with Crippen LogP contribution in [0.2, 0.25) is 0 Å². The van der Waals surface area contributed by atoms with Gasteiger partial charge in [0.15, 0.2) is 0 Å². The zero-order chi connectivity index (χ0) is 12.7. The average molecular weight is 234 g/mol. The molecule has 0 N–H and O–H groups in total. The highest BCUT2D eigenvalue weighted by atomic mass is 16.5. The summed E-state index contributed by atoms with van der Waals surface area (Å²) in [5, 5.41) is 0. The number of carbonyl (C=O) groups is 2. The molecule has 0 aliphatic rings. The predicted octanol–water partition coefficient (Wildman–Crippen LogP) is 2.19. The van der Waals surface area contributed by atoms with E-state index in [1.54, 1.807) is 37.3 Å². The fourth-order valence-corrected chi connectivity index (χ4v) is 1.17. The van der Waals surface area contributed by atoms with Crippen LogP contribution in [0.3, 0.4) is 0 Å². The first-order valence-corrected chi connectivity index (χ1v) is 5.25. The topological polar surface area (TPSA) is 52.6 Å². The van der Waals surface area contributed by atoms with Crippen LogP contribution in [-0.4, -0.2) is 18.5 Å². The molecule has 17 heavy (non-hydrogen) atoms. The average Bonchev–Trinajstić information content (AvgIpc) is 2.28. The Morgan fingerprint density at radius 3 is 2.41 bits per heavy atom. The van der Waals surface area contributed by atoms with Crippen molar-refractivity contribution in [3.05, 3.63) is 35.9 Å². The molecular formula is C13H14O4. The molecule has 4 heteroatoms. The summed E-state index contributed by atoms with van der Waals surface area (Å²) in [7, 11) is 0. The first-order chi connectivity index (χ1) is 8.11. The summed E-state index contributed by atoms with van der Waals surface area (Å²) in [6.45, 7) is 3.45. The van der Waals surface area contributed by atoms with Crippen LogP contribution < -0.4 is 4.74 Å². The zero-order valence-electron chi connectivity index (χ0n) is 9.80. The van der Waals surface area contributed by atoms with Gasteiger partial charge in [-0.15, -0.1) is 0 Å². The molecule has 0 heterocycles. The van der Waals surface area contributed by atoms with Gasteiger partial charge in [-0.3, -0.25) is 4.79 Å². The smallest absolute Gasteiger partial charge is 0.330 e. The summed E-state index contributed by atoms with van der Waals surface area (Å²) in [5.41, 5.74) is 0.828. The SMILES string of the molecule is CCOC(=O)/C=C/c1ccc(OC(C)=O)cc1. The molecule has 0 bridgehead atoms. The zero-order valence-corrected chi connectivity index (χ0v) is 9.80. The van der Waals surface area contributed by atoms with Gasteiger partial charge in [-0.25, -0.2) is 4.79 Å². The van der Waals surface area contributed by atoms with Crippen LogP contribution in [0.1, 0.15) is 19.4 Å². The molecule has 0 amide bonds. The van der Waals surface area contributed by atoms with Crippen molar-refractivity contribution in [1.82, 2.24) is 0 Å². The van der Waals surface area contributed by atoms with Crippen LogP contribution in [-0.2, 0) is 14.3 Å². The van der Waals surface area contributed by atoms with Gasteiger partial charge in [0.25, 0.3) is 0 Å². The summed E-state index contributed by atoms with van der Waals surface area (Å²) in [4.78, 5) is 21.7. The van der Waals surface area contributed by atoms with Crippen molar-refractivity contribution in [2.75, 3.05) is 6.61 Å². The van der Waals surface area contributed by atoms with Crippen LogP contribution in [0.5, 0.6) is 5.75 Å². The van der Waals surface area contributed by atoms with Gasteiger partial charge in [-0.2, -0.15) is 0 Å². The van der Waals surface area contributed by atoms with E-state index in [0.717, 1.165) is 5.56 Å². The number of ether oxygens (including phenoxy) is 2. The van der Waals surface area contributed by atoms with Gasteiger partial charge < -0.3 is 9.47 Å². The minimum atomic E-state index is -0.378. The Kier molecular flexibility index (Phi) is 4.94. The summed E-state index contributed by atoms with van der Waals surface area (Å²) in [6.07, 6.45) is 2.99. The molecule has 0 aliphatic carbocycles. The molecule has 1 rings (SSSR count). The minimum Gasteiger partial charge on any atom is -0.463 e. The molecule has 0 saturated carbocycles. The molecule has 0 spiro atoms. The second-order valence-corrected chi connectivity index (χ2v) is 3.25. The largest absolute Gasteiger partial charge is 0.463 e. The van der Waals surface area contributed by atoms with E-state index in [2.05, 4.69) is 0 Å². The van der Waals surface area contributed by atoms with Crippen molar-refractivity contribution in [1.29, 1.82) is 0 Å². The lowest BCUT2D eigenvalue weighted by Gasteiger charge is -2.00. The second-order valence-electron chi connectivity index (χ2n) is 3.25. The number of hydrogen-bond acceptors (Lipinski definition) is 4.